The van der Waals surface area contributed by atoms with Crippen molar-refractivity contribution in [2.45, 2.75) is 11.8 Å². The quantitative estimate of drug-likeness (QED) is 0.266. The molecule has 0 saturated carbocycles. The van der Waals surface area contributed by atoms with Gasteiger partial charge in [0.1, 0.15) is 16.3 Å². The average Bonchev–Trinajstić information content (AvgIpc) is 2.74. The van der Waals surface area contributed by atoms with Gasteiger partial charge >= 0.3 is 10.1 Å². The highest BCUT2D eigenvalue weighted by Crippen LogP contribution is 2.40. The van der Waals surface area contributed by atoms with Gasteiger partial charge in [-0.3, -0.25) is 4.99 Å². The highest BCUT2D eigenvalue weighted by Gasteiger charge is 2.21. The lowest BCUT2D eigenvalue weighted by Crippen LogP contribution is -2.11. The monoisotopic (exact) mass is 513 g/mol. The van der Waals surface area contributed by atoms with Gasteiger partial charge in [0.05, 0.1) is 24.3 Å². The minimum absolute atomic E-state index is 0.00489. The van der Waals surface area contributed by atoms with E-state index in [1.165, 1.54) is 44.7 Å². The third kappa shape index (κ3) is 5.48. The Bertz CT molecular complexity index is 1280. The largest absolute Gasteiger partial charge is 0.497 e. The van der Waals surface area contributed by atoms with Crippen molar-refractivity contribution in [2.24, 2.45) is 4.99 Å². The van der Waals surface area contributed by atoms with E-state index in [0.717, 1.165) is 5.56 Å². The predicted molar refractivity (Wildman–Crippen MR) is 127 cm³/mol. The fourth-order valence-corrected chi connectivity index (χ4v) is 4.58. The number of nitrogens with zero attached hydrogens (tertiary/aromatic N) is 1. The highest BCUT2D eigenvalue weighted by molar-refractivity contribution is 7.87. The first-order chi connectivity index (χ1) is 15.1. The van der Waals surface area contributed by atoms with Crippen LogP contribution in [0, 0.1) is 6.92 Å². The zero-order valence-electron chi connectivity index (χ0n) is 17.2. The molecule has 168 valence electrons. The van der Waals surface area contributed by atoms with Crippen LogP contribution in [0.1, 0.15) is 11.1 Å². The van der Waals surface area contributed by atoms with Crippen LogP contribution < -0.4 is 13.7 Å². The number of ether oxygens (including phenoxy) is 2. The number of aliphatic imine (C=N–C) groups is 1. The van der Waals surface area contributed by atoms with Gasteiger partial charge in [0.25, 0.3) is 0 Å². The molecule has 0 amide bonds. The molecule has 6 nitrogen and oxygen atoms in total. The number of hydrogen-bond donors (Lipinski definition) is 0. The molecule has 0 aliphatic heterocycles. The SMILES string of the molecule is COc1cc(Cl)c(OC)c(N=Cc2cc(Cl)cc(Cl)c2OS(=O)(=O)c2ccc(C)cc2)c1. The van der Waals surface area contributed by atoms with Gasteiger partial charge in [0, 0.05) is 28.9 Å². The molecule has 0 radical (unpaired) electrons. The molecule has 0 unspecified atom stereocenters. The molecule has 0 saturated heterocycles. The normalized spacial score (nSPS) is 11.6. The zero-order valence-corrected chi connectivity index (χ0v) is 20.3. The summed E-state index contributed by atoms with van der Waals surface area (Å²) in [7, 11) is -1.22. The van der Waals surface area contributed by atoms with Gasteiger partial charge in [-0.1, -0.05) is 52.5 Å². The van der Waals surface area contributed by atoms with Crippen LogP contribution >= 0.6 is 34.8 Å². The smallest absolute Gasteiger partial charge is 0.339 e. The van der Waals surface area contributed by atoms with Crippen molar-refractivity contribution >= 4 is 56.8 Å². The number of hydrogen-bond acceptors (Lipinski definition) is 6. The summed E-state index contributed by atoms with van der Waals surface area (Å²) in [6, 6.07) is 12.3. The maximum absolute atomic E-state index is 12.8. The Labute approximate surface area is 201 Å². The minimum Gasteiger partial charge on any atom is -0.497 e. The second-order valence-corrected chi connectivity index (χ2v) is 9.37. The van der Waals surface area contributed by atoms with Crippen molar-refractivity contribution in [3.05, 3.63) is 74.7 Å². The van der Waals surface area contributed by atoms with E-state index in [1.807, 2.05) is 6.92 Å². The Morgan fingerprint density at radius 1 is 0.875 bits per heavy atom. The van der Waals surface area contributed by atoms with Crippen molar-refractivity contribution in [3.8, 4) is 17.2 Å². The molecule has 32 heavy (non-hydrogen) atoms. The Morgan fingerprint density at radius 3 is 2.16 bits per heavy atom. The molecule has 3 aromatic carbocycles. The van der Waals surface area contributed by atoms with Crippen molar-refractivity contribution < 1.29 is 22.1 Å². The van der Waals surface area contributed by atoms with Gasteiger partial charge in [-0.2, -0.15) is 8.42 Å². The fraction of sp³-hybridized carbons (Fsp3) is 0.136. The summed E-state index contributed by atoms with van der Waals surface area (Å²) in [5, 5.41) is 0.569. The van der Waals surface area contributed by atoms with Crippen LogP contribution in [0.4, 0.5) is 5.69 Å². The number of methoxy groups -OCH3 is 2. The first-order valence-electron chi connectivity index (χ1n) is 9.10. The molecule has 0 spiro atoms. The molecule has 0 atom stereocenters. The van der Waals surface area contributed by atoms with Gasteiger partial charge in [-0.05, 0) is 31.2 Å². The standard InChI is InChI=1S/C22H18Cl3NO5S/c1-13-4-6-17(7-5-13)32(27,28)31-21-14(8-15(23)9-18(21)24)12-26-20-11-16(29-2)10-19(25)22(20)30-3/h4-12H,1-3H3. The van der Waals surface area contributed by atoms with E-state index in [1.54, 1.807) is 24.3 Å². The predicted octanol–water partition coefficient (Wildman–Crippen LogP) is 6.49. The second kappa shape index (κ2) is 10.0. The molecule has 0 N–H and O–H groups in total. The maximum Gasteiger partial charge on any atom is 0.339 e. The Balaban J connectivity index is 2.06. The summed E-state index contributed by atoms with van der Waals surface area (Å²) < 4.78 is 41.5. The topological polar surface area (TPSA) is 74.2 Å². The van der Waals surface area contributed by atoms with E-state index >= 15 is 0 Å². The summed E-state index contributed by atoms with van der Waals surface area (Å²) in [4.78, 5) is 4.35. The molecular formula is C22H18Cl3NO5S. The van der Waals surface area contributed by atoms with Gasteiger partial charge in [-0.25, -0.2) is 0 Å². The summed E-state index contributed by atoms with van der Waals surface area (Å²) in [6.45, 7) is 1.85. The number of rotatable bonds is 7. The number of benzene rings is 3. The van der Waals surface area contributed by atoms with Crippen LogP contribution in [0.3, 0.4) is 0 Å². The van der Waals surface area contributed by atoms with Crippen molar-refractivity contribution in [1.29, 1.82) is 0 Å². The summed E-state index contributed by atoms with van der Waals surface area (Å²) >= 11 is 18.6. The molecule has 0 aromatic heterocycles. The Morgan fingerprint density at radius 2 is 1.53 bits per heavy atom. The molecule has 0 heterocycles. The molecule has 10 heteroatoms. The second-order valence-electron chi connectivity index (χ2n) is 6.58. The van der Waals surface area contributed by atoms with Crippen LogP contribution in [-0.4, -0.2) is 28.9 Å². The first-order valence-corrected chi connectivity index (χ1v) is 11.6. The summed E-state index contributed by atoms with van der Waals surface area (Å²) in [5.41, 5.74) is 1.49. The van der Waals surface area contributed by atoms with E-state index < -0.39 is 10.1 Å². The van der Waals surface area contributed by atoms with Crippen LogP contribution in [0.2, 0.25) is 15.1 Å². The van der Waals surface area contributed by atoms with Crippen LogP contribution in [0.15, 0.2) is 58.4 Å². The van der Waals surface area contributed by atoms with Crippen LogP contribution in [0.25, 0.3) is 0 Å². The van der Waals surface area contributed by atoms with E-state index in [2.05, 4.69) is 4.99 Å². The van der Waals surface area contributed by atoms with Crippen molar-refractivity contribution in [1.82, 2.24) is 0 Å². The van der Waals surface area contributed by atoms with E-state index in [4.69, 9.17) is 48.5 Å². The molecule has 0 fully saturated rings. The molecule has 3 rings (SSSR count). The lowest BCUT2D eigenvalue weighted by Gasteiger charge is -2.12. The van der Waals surface area contributed by atoms with Gasteiger partial charge in [0.2, 0.25) is 0 Å². The number of aryl methyl sites for hydroxylation is 1. The molecule has 3 aromatic rings. The third-order valence-corrected chi connectivity index (χ3v) is 6.34. The third-order valence-electron chi connectivity index (χ3n) is 4.32. The molecule has 0 aliphatic rings. The van der Waals surface area contributed by atoms with Crippen LogP contribution in [-0.2, 0) is 10.1 Å². The first kappa shape index (κ1) is 24.2. The lowest BCUT2D eigenvalue weighted by molar-refractivity contribution is 0.404. The van der Waals surface area contributed by atoms with E-state index in [-0.39, 0.29) is 26.3 Å². The number of halogens is 3. The average molecular weight is 515 g/mol. The maximum atomic E-state index is 12.8. The highest BCUT2D eigenvalue weighted by atomic mass is 35.5. The van der Waals surface area contributed by atoms with Gasteiger partial charge < -0.3 is 13.7 Å². The Hall–Kier alpha value is -2.45. The van der Waals surface area contributed by atoms with E-state index in [9.17, 15) is 8.42 Å². The lowest BCUT2D eigenvalue weighted by atomic mass is 10.2. The summed E-state index contributed by atoms with van der Waals surface area (Å²) in [5.74, 6) is 0.658. The molecular weight excluding hydrogens is 497 g/mol. The van der Waals surface area contributed by atoms with Crippen molar-refractivity contribution in [3.63, 3.8) is 0 Å². The zero-order chi connectivity index (χ0) is 23.5. The van der Waals surface area contributed by atoms with E-state index in [0.29, 0.717) is 22.2 Å². The van der Waals surface area contributed by atoms with Crippen molar-refractivity contribution in [2.75, 3.05) is 14.2 Å². The van der Waals surface area contributed by atoms with Crippen LogP contribution in [0.5, 0.6) is 17.2 Å². The minimum atomic E-state index is -4.16. The van der Waals surface area contributed by atoms with Gasteiger partial charge in [0.15, 0.2) is 11.5 Å². The Kier molecular flexibility index (Phi) is 7.56. The molecule has 0 aliphatic carbocycles. The fourth-order valence-electron chi connectivity index (χ4n) is 2.74. The van der Waals surface area contributed by atoms with Gasteiger partial charge in [-0.15, -0.1) is 0 Å². The molecule has 0 bridgehead atoms. The summed E-state index contributed by atoms with van der Waals surface area (Å²) in [6.07, 6.45) is 1.35.